The lowest BCUT2D eigenvalue weighted by atomic mass is 9.90. The van der Waals surface area contributed by atoms with Crippen molar-refractivity contribution in [2.45, 2.75) is 19.3 Å². The van der Waals surface area contributed by atoms with Crippen LogP contribution in [0, 0.1) is 5.92 Å². The van der Waals surface area contributed by atoms with Crippen molar-refractivity contribution in [2.24, 2.45) is 5.92 Å². The molecule has 0 unspecified atom stereocenters. The lowest BCUT2D eigenvalue weighted by Crippen LogP contribution is -2.24. The smallest absolute Gasteiger partial charge is 0.226 e. The van der Waals surface area contributed by atoms with E-state index in [0.29, 0.717) is 18.9 Å². The van der Waals surface area contributed by atoms with Crippen LogP contribution in [0.25, 0.3) is 0 Å². The lowest BCUT2D eigenvalue weighted by molar-refractivity contribution is -0.127. The van der Waals surface area contributed by atoms with Crippen LogP contribution in [0.15, 0.2) is 42.5 Å². The average molecular weight is 339 g/mol. The minimum atomic E-state index is 0.124. The maximum absolute atomic E-state index is 11.8. The molecule has 1 heterocycles. The summed E-state index contributed by atoms with van der Waals surface area (Å²) < 4.78 is 11.3. The fourth-order valence-corrected chi connectivity index (χ4v) is 3.21. The third-order valence-electron chi connectivity index (χ3n) is 4.65. The summed E-state index contributed by atoms with van der Waals surface area (Å²) in [5, 5.41) is 0. The predicted octanol–water partition coefficient (Wildman–Crippen LogP) is 3.12. The van der Waals surface area contributed by atoms with E-state index in [2.05, 4.69) is 30.3 Å². The molecule has 0 bridgehead atoms. The van der Waals surface area contributed by atoms with Crippen molar-refractivity contribution in [3.63, 3.8) is 0 Å². The Bertz CT molecular complexity index is 737. The molecule has 3 rings (SSSR count). The fourth-order valence-electron chi connectivity index (χ4n) is 3.21. The van der Waals surface area contributed by atoms with Gasteiger partial charge in [0.2, 0.25) is 5.91 Å². The molecule has 0 N–H and O–H groups in total. The Morgan fingerprint density at radius 3 is 2.56 bits per heavy atom. The van der Waals surface area contributed by atoms with Gasteiger partial charge >= 0.3 is 0 Å². The van der Waals surface area contributed by atoms with Crippen molar-refractivity contribution in [3.8, 4) is 11.5 Å². The van der Waals surface area contributed by atoms with Crippen LogP contribution in [0.5, 0.6) is 11.5 Å². The molecule has 0 aliphatic carbocycles. The van der Waals surface area contributed by atoms with Gasteiger partial charge in [-0.25, -0.2) is 0 Å². The number of ether oxygens (including phenoxy) is 2. The maximum atomic E-state index is 11.8. The number of carbonyl (C=O) groups excluding carboxylic acids is 1. The summed E-state index contributed by atoms with van der Waals surface area (Å²) in [5.74, 6) is 2.28. The molecule has 0 radical (unpaired) electrons. The van der Waals surface area contributed by atoms with E-state index >= 15 is 0 Å². The van der Waals surface area contributed by atoms with Gasteiger partial charge in [-0.3, -0.25) is 4.79 Å². The summed E-state index contributed by atoms with van der Waals surface area (Å²) in [5.41, 5.74) is 3.54. The van der Waals surface area contributed by atoms with Crippen LogP contribution in [0.1, 0.15) is 16.7 Å². The van der Waals surface area contributed by atoms with Crippen molar-refractivity contribution < 1.29 is 14.3 Å². The van der Waals surface area contributed by atoms with Crippen molar-refractivity contribution in [2.75, 3.05) is 27.8 Å². The van der Waals surface area contributed by atoms with Crippen LogP contribution < -0.4 is 9.47 Å². The van der Waals surface area contributed by atoms with Gasteiger partial charge in [0.05, 0.1) is 20.1 Å². The van der Waals surface area contributed by atoms with Gasteiger partial charge in [-0.2, -0.15) is 0 Å². The highest BCUT2D eigenvalue weighted by atomic mass is 16.5. The zero-order valence-corrected chi connectivity index (χ0v) is 15.1. The normalized spacial score (nSPS) is 15.9. The number of hydrogen-bond donors (Lipinski definition) is 0. The van der Waals surface area contributed by atoms with Crippen molar-refractivity contribution in [3.05, 3.63) is 59.2 Å². The van der Waals surface area contributed by atoms with E-state index in [1.54, 1.807) is 26.1 Å². The summed E-state index contributed by atoms with van der Waals surface area (Å²) in [4.78, 5) is 13.4. The van der Waals surface area contributed by atoms with E-state index in [1.807, 2.05) is 12.1 Å². The first-order valence-electron chi connectivity index (χ1n) is 8.63. The molecule has 1 aliphatic rings. The highest BCUT2D eigenvalue weighted by Gasteiger charge is 2.22. The summed E-state index contributed by atoms with van der Waals surface area (Å²) in [6.07, 6.45) is 2.42. The number of nitrogens with zero attached hydrogens (tertiary/aromatic N) is 1. The molecule has 1 atom stereocenters. The monoisotopic (exact) mass is 339 g/mol. The number of fused-ring (bicyclic) bond motifs is 1. The van der Waals surface area contributed by atoms with Crippen molar-refractivity contribution >= 4 is 5.91 Å². The van der Waals surface area contributed by atoms with Gasteiger partial charge in [0.15, 0.2) is 11.5 Å². The number of hydrogen-bond acceptors (Lipinski definition) is 3. The Morgan fingerprint density at radius 1 is 1.16 bits per heavy atom. The van der Waals surface area contributed by atoms with Crippen LogP contribution >= 0.6 is 0 Å². The summed E-state index contributed by atoms with van der Waals surface area (Å²) in [6, 6.07) is 14.4. The van der Waals surface area contributed by atoms with E-state index in [1.165, 1.54) is 11.1 Å². The second-order valence-corrected chi connectivity index (χ2v) is 6.82. The van der Waals surface area contributed by atoms with E-state index in [4.69, 9.17) is 9.47 Å². The molecule has 2 aromatic rings. The molecule has 2 aromatic carbocycles. The molecule has 132 valence electrons. The third kappa shape index (κ3) is 4.13. The molecule has 0 aromatic heterocycles. The topological polar surface area (TPSA) is 38.8 Å². The maximum Gasteiger partial charge on any atom is 0.226 e. The molecule has 1 amide bonds. The van der Waals surface area contributed by atoms with Gasteiger partial charge in [0, 0.05) is 20.0 Å². The Balaban J connectivity index is 1.62. The quantitative estimate of drug-likeness (QED) is 0.840. The summed E-state index contributed by atoms with van der Waals surface area (Å²) in [7, 11) is 5.24. The summed E-state index contributed by atoms with van der Waals surface area (Å²) >= 11 is 0. The summed E-state index contributed by atoms with van der Waals surface area (Å²) in [6.45, 7) is 0.703. The molecule has 4 heteroatoms. The minimum absolute atomic E-state index is 0.124. The predicted molar refractivity (Wildman–Crippen MR) is 98.2 cm³/mol. The molecular formula is C21H25NO3. The van der Waals surface area contributed by atoms with Gasteiger partial charge in [0.1, 0.15) is 0 Å². The lowest BCUT2D eigenvalue weighted by Gasteiger charge is -2.26. The van der Waals surface area contributed by atoms with E-state index < -0.39 is 0 Å². The number of benzene rings is 2. The number of rotatable bonds is 5. The number of amides is 1. The standard InChI is InChI=1S/C21H25NO3/c1-22(2)20(23)13-16-9-7-15(8-10-16)11-17-12-18-5-4-6-19(24-3)21(18)25-14-17/h4-10,17H,11-14H2,1-3H3/t17-/m0/s1. The molecule has 0 spiro atoms. The Kier molecular flexibility index (Phi) is 5.27. The zero-order chi connectivity index (χ0) is 17.8. The molecule has 1 aliphatic heterocycles. The van der Waals surface area contributed by atoms with Crippen molar-refractivity contribution in [1.29, 1.82) is 0 Å². The first-order valence-corrected chi connectivity index (χ1v) is 8.63. The van der Waals surface area contributed by atoms with Gasteiger partial charge in [-0.05, 0) is 35.6 Å². The molecule has 25 heavy (non-hydrogen) atoms. The molecule has 0 saturated heterocycles. The highest BCUT2D eigenvalue weighted by Crippen LogP contribution is 2.36. The second-order valence-electron chi connectivity index (χ2n) is 6.82. The van der Waals surface area contributed by atoms with Gasteiger partial charge < -0.3 is 14.4 Å². The molecule has 4 nitrogen and oxygen atoms in total. The highest BCUT2D eigenvalue weighted by molar-refractivity contribution is 5.78. The van der Waals surface area contributed by atoms with Crippen LogP contribution in [0.4, 0.5) is 0 Å². The minimum Gasteiger partial charge on any atom is -0.493 e. The number of methoxy groups -OCH3 is 1. The third-order valence-corrected chi connectivity index (χ3v) is 4.65. The first kappa shape index (κ1) is 17.3. The SMILES string of the molecule is COc1cccc2c1OC[C@@H](Cc1ccc(CC(=O)N(C)C)cc1)C2. The average Bonchev–Trinajstić information content (AvgIpc) is 2.62. The zero-order valence-electron chi connectivity index (χ0n) is 15.1. The van der Waals surface area contributed by atoms with E-state index in [-0.39, 0.29) is 5.91 Å². The van der Waals surface area contributed by atoms with E-state index in [9.17, 15) is 4.79 Å². The molecule has 0 saturated carbocycles. The first-order chi connectivity index (χ1) is 12.1. The second kappa shape index (κ2) is 7.60. The Morgan fingerprint density at radius 2 is 1.88 bits per heavy atom. The number of carbonyl (C=O) groups is 1. The van der Waals surface area contributed by atoms with Gasteiger partial charge in [-0.1, -0.05) is 36.4 Å². The Labute approximate surface area is 149 Å². The largest absolute Gasteiger partial charge is 0.493 e. The van der Waals surface area contributed by atoms with Crippen LogP contribution in [0.2, 0.25) is 0 Å². The van der Waals surface area contributed by atoms with Gasteiger partial charge in [0.25, 0.3) is 0 Å². The molecule has 0 fully saturated rings. The van der Waals surface area contributed by atoms with E-state index in [0.717, 1.165) is 29.9 Å². The van der Waals surface area contributed by atoms with Crippen LogP contribution in [0.3, 0.4) is 0 Å². The van der Waals surface area contributed by atoms with Crippen LogP contribution in [-0.2, 0) is 24.1 Å². The van der Waals surface area contributed by atoms with Crippen molar-refractivity contribution in [1.82, 2.24) is 4.90 Å². The Hall–Kier alpha value is -2.49. The van der Waals surface area contributed by atoms with Crippen LogP contribution in [-0.4, -0.2) is 38.6 Å². The van der Waals surface area contributed by atoms with Gasteiger partial charge in [-0.15, -0.1) is 0 Å². The number of likely N-dealkylation sites (N-methyl/N-ethyl adjacent to an activating group) is 1. The number of para-hydroxylation sites is 1. The molecular weight excluding hydrogens is 314 g/mol. The fraction of sp³-hybridized carbons (Fsp3) is 0.381.